The number of ether oxygens (including phenoxy) is 1. The van der Waals surface area contributed by atoms with Crippen LogP contribution in [0.3, 0.4) is 0 Å². The van der Waals surface area contributed by atoms with Gasteiger partial charge in [-0.1, -0.05) is 18.2 Å². The van der Waals surface area contributed by atoms with E-state index in [-0.39, 0.29) is 23.5 Å². The van der Waals surface area contributed by atoms with E-state index in [1.807, 2.05) is 36.4 Å². The van der Waals surface area contributed by atoms with Crippen LogP contribution in [-0.2, 0) is 4.79 Å². The fourth-order valence-corrected chi connectivity index (χ4v) is 5.67. The van der Waals surface area contributed by atoms with Crippen molar-refractivity contribution < 1.29 is 14.6 Å². The lowest BCUT2D eigenvalue weighted by Gasteiger charge is -2.29. The van der Waals surface area contributed by atoms with Gasteiger partial charge in [-0.2, -0.15) is 0 Å². The zero-order valence-electron chi connectivity index (χ0n) is 16.8. The largest absolute Gasteiger partial charge is 0.503 e. The highest BCUT2D eigenvalue weighted by Gasteiger charge is 2.36. The van der Waals surface area contributed by atoms with Crippen LogP contribution >= 0.6 is 27.3 Å². The van der Waals surface area contributed by atoms with Crippen molar-refractivity contribution in [2.75, 3.05) is 17.7 Å². The van der Waals surface area contributed by atoms with Crippen LogP contribution < -0.4 is 15.4 Å². The monoisotopic (exact) mass is 496 g/mol. The van der Waals surface area contributed by atoms with Crippen molar-refractivity contribution in [2.24, 2.45) is 0 Å². The Hall–Kier alpha value is -2.77. The minimum absolute atomic E-state index is 0.0420. The summed E-state index contributed by atoms with van der Waals surface area (Å²) in [6.07, 6.45) is 1.25. The summed E-state index contributed by atoms with van der Waals surface area (Å²) in [5.74, 6) is 0.699. The van der Waals surface area contributed by atoms with Crippen molar-refractivity contribution in [3.05, 3.63) is 80.1 Å². The number of carbonyl (C=O) groups is 1. The summed E-state index contributed by atoms with van der Waals surface area (Å²) in [4.78, 5) is 14.7. The Bertz CT molecular complexity index is 1190. The number of para-hydroxylation sites is 2. The SMILES string of the molecule is COc1cc([C@H]2Nc3ccccc3NC3=C2C(=O)C[C@H](c2cccs2)C3)cc(Br)c1O. The molecule has 3 N–H and O–H groups in total. The maximum Gasteiger partial charge on any atom is 0.172 e. The zero-order chi connectivity index (χ0) is 21.5. The van der Waals surface area contributed by atoms with Gasteiger partial charge in [0.05, 0.1) is 29.0 Å². The number of halogens is 1. The second kappa shape index (κ2) is 8.05. The third-order valence-electron chi connectivity index (χ3n) is 5.86. The number of Topliss-reactive ketones (excluding diaryl/α,β-unsaturated/α-hetero) is 1. The molecule has 1 aliphatic carbocycles. The van der Waals surface area contributed by atoms with Gasteiger partial charge in [0.1, 0.15) is 0 Å². The molecule has 0 fully saturated rings. The first kappa shape index (κ1) is 20.2. The summed E-state index contributed by atoms with van der Waals surface area (Å²) in [7, 11) is 1.52. The molecule has 0 saturated heterocycles. The number of ketones is 1. The average molecular weight is 497 g/mol. The van der Waals surface area contributed by atoms with E-state index in [0.717, 1.165) is 34.6 Å². The Morgan fingerprint density at radius 3 is 2.68 bits per heavy atom. The Morgan fingerprint density at radius 1 is 1.13 bits per heavy atom. The molecule has 0 radical (unpaired) electrons. The van der Waals surface area contributed by atoms with E-state index < -0.39 is 0 Å². The van der Waals surface area contributed by atoms with Crippen molar-refractivity contribution >= 4 is 44.4 Å². The predicted octanol–water partition coefficient (Wildman–Crippen LogP) is 6.20. The number of allylic oxidation sites excluding steroid dienone is 1. The third kappa shape index (κ3) is 3.62. The first-order chi connectivity index (χ1) is 15.0. The number of phenolic OH excluding ortho intramolecular Hbond substituents is 1. The minimum Gasteiger partial charge on any atom is -0.503 e. The van der Waals surface area contributed by atoms with Crippen LogP contribution in [0.15, 0.2) is 69.7 Å². The Balaban J connectivity index is 1.65. The molecule has 0 saturated carbocycles. The molecule has 0 bridgehead atoms. The second-order valence-corrected chi connectivity index (χ2v) is 9.57. The quantitative estimate of drug-likeness (QED) is 0.402. The van der Waals surface area contributed by atoms with E-state index in [9.17, 15) is 9.90 Å². The third-order valence-corrected chi connectivity index (χ3v) is 7.50. The highest BCUT2D eigenvalue weighted by atomic mass is 79.9. The number of aromatic hydroxyl groups is 1. The molecular weight excluding hydrogens is 476 g/mol. The molecule has 5 nitrogen and oxygen atoms in total. The molecule has 158 valence electrons. The average Bonchev–Trinajstić information content (AvgIpc) is 3.24. The molecule has 2 heterocycles. The number of rotatable bonds is 3. The van der Waals surface area contributed by atoms with Gasteiger partial charge >= 0.3 is 0 Å². The summed E-state index contributed by atoms with van der Waals surface area (Å²) in [6.45, 7) is 0. The van der Waals surface area contributed by atoms with Gasteiger partial charge in [0.2, 0.25) is 0 Å². The lowest BCUT2D eigenvalue weighted by molar-refractivity contribution is -0.116. The molecule has 2 aliphatic rings. The van der Waals surface area contributed by atoms with E-state index in [4.69, 9.17) is 4.74 Å². The Morgan fingerprint density at radius 2 is 1.94 bits per heavy atom. The number of nitrogens with one attached hydrogen (secondary N) is 2. The molecule has 2 aromatic carbocycles. The highest BCUT2D eigenvalue weighted by Crippen LogP contribution is 2.46. The van der Waals surface area contributed by atoms with Gasteiger partial charge in [0.25, 0.3) is 0 Å². The van der Waals surface area contributed by atoms with Gasteiger partial charge in [-0.3, -0.25) is 4.79 Å². The molecule has 1 aromatic heterocycles. The van der Waals surface area contributed by atoms with Crippen molar-refractivity contribution in [1.29, 1.82) is 0 Å². The smallest absolute Gasteiger partial charge is 0.172 e. The van der Waals surface area contributed by atoms with Crippen molar-refractivity contribution in [3.63, 3.8) is 0 Å². The predicted molar refractivity (Wildman–Crippen MR) is 127 cm³/mol. The van der Waals surface area contributed by atoms with Gasteiger partial charge in [-0.15, -0.1) is 11.3 Å². The molecule has 3 aromatic rings. The summed E-state index contributed by atoms with van der Waals surface area (Å²) in [6, 6.07) is 15.4. The normalized spacial score (nSPS) is 20.3. The molecular formula is C24H21BrN2O3S. The fraction of sp³-hybridized carbons (Fsp3) is 0.208. The van der Waals surface area contributed by atoms with Crippen LogP contribution in [0.5, 0.6) is 11.5 Å². The summed E-state index contributed by atoms with van der Waals surface area (Å²) >= 11 is 5.12. The van der Waals surface area contributed by atoms with Gasteiger partial charge in [0, 0.05) is 28.5 Å². The molecule has 7 heteroatoms. The number of anilines is 2. The molecule has 2 atom stereocenters. The molecule has 0 unspecified atom stereocenters. The maximum atomic E-state index is 13.5. The van der Waals surface area contributed by atoms with Gasteiger partial charge in [-0.25, -0.2) is 0 Å². The molecule has 5 rings (SSSR count). The molecule has 0 spiro atoms. The fourth-order valence-electron chi connectivity index (χ4n) is 4.38. The van der Waals surface area contributed by atoms with Crippen LogP contribution in [0.25, 0.3) is 0 Å². The van der Waals surface area contributed by atoms with Gasteiger partial charge < -0.3 is 20.5 Å². The van der Waals surface area contributed by atoms with E-state index in [1.165, 1.54) is 12.0 Å². The number of benzene rings is 2. The number of hydrogen-bond donors (Lipinski definition) is 3. The van der Waals surface area contributed by atoms with E-state index in [2.05, 4.69) is 38.0 Å². The first-order valence-electron chi connectivity index (χ1n) is 10.0. The van der Waals surface area contributed by atoms with Crippen molar-refractivity contribution in [3.8, 4) is 11.5 Å². The number of carbonyl (C=O) groups excluding carboxylic acids is 1. The number of methoxy groups -OCH3 is 1. The number of phenols is 1. The van der Waals surface area contributed by atoms with Crippen LogP contribution in [0.4, 0.5) is 11.4 Å². The molecule has 0 amide bonds. The Kier molecular flexibility index (Phi) is 5.24. The van der Waals surface area contributed by atoms with Gasteiger partial charge in [0.15, 0.2) is 17.3 Å². The van der Waals surface area contributed by atoms with Crippen LogP contribution in [0, 0.1) is 0 Å². The topological polar surface area (TPSA) is 70.6 Å². The van der Waals surface area contributed by atoms with E-state index in [1.54, 1.807) is 17.4 Å². The summed E-state index contributed by atoms with van der Waals surface area (Å²) in [5.41, 5.74) is 4.40. The second-order valence-electron chi connectivity index (χ2n) is 7.74. The summed E-state index contributed by atoms with van der Waals surface area (Å²) < 4.78 is 5.89. The maximum absolute atomic E-state index is 13.5. The van der Waals surface area contributed by atoms with Crippen LogP contribution in [0.1, 0.15) is 35.2 Å². The van der Waals surface area contributed by atoms with E-state index >= 15 is 0 Å². The highest BCUT2D eigenvalue weighted by molar-refractivity contribution is 9.10. The number of thiophene rings is 1. The number of fused-ring (bicyclic) bond motifs is 1. The number of hydrogen-bond acceptors (Lipinski definition) is 6. The van der Waals surface area contributed by atoms with Crippen LogP contribution in [-0.4, -0.2) is 18.0 Å². The standard InChI is InChI=1S/C24H21BrN2O3S/c1-30-20-12-14(9-15(25)24(20)29)23-22-18(26-16-5-2-3-6-17(16)27-23)10-13(11-19(22)28)21-7-4-8-31-21/h2-9,12-13,23,26-27,29H,10-11H2,1H3/t13-,23-/m1/s1. The zero-order valence-corrected chi connectivity index (χ0v) is 19.2. The van der Waals surface area contributed by atoms with Crippen molar-refractivity contribution in [1.82, 2.24) is 0 Å². The van der Waals surface area contributed by atoms with Crippen LogP contribution in [0.2, 0.25) is 0 Å². The first-order valence-corrected chi connectivity index (χ1v) is 11.7. The molecule has 31 heavy (non-hydrogen) atoms. The minimum atomic E-state index is -0.367. The van der Waals surface area contributed by atoms with Gasteiger partial charge in [-0.05, 0) is 63.6 Å². The van der Waals surface area contributed by atoms with Crippen molar-refractivity contribution in [2.45, 2.75) is 24.8 Å². The summed E-state index contributed by atoms with van der Waals surface area (Å²) in [5, 5.41) is 19.4. The Labute approximate surface area is 192 Å². The molecule has 1 aliphatic heterocycles. The van der Waals surface area contributed by atoms with E-state index in [0.29, 0.717) is 16.6 Å². The lowest BCUT2D eigenvalue weighted by atomic mass is 9.80. The lowest BCUT2D eigenvalue weighted by Crippen LogP contribution is -2.26.